The largest absolute Gasteiger partial charge is 0.496 e. The van der Waals surface area contributed by atoms with Crippen LogP contribution in [0.4, 0.5) is 0 Å². The van der Waals surface area contributed by atoms with Crippen molar-refractivity contribution in [3.05, 3.63) is 29.8 Å². The Kier molecular flexibility index (Phi) is 17.6. The fourth-order valence-electron chi connectivity index (χ4n) is 1.93. The van der Waals surface area contributed by atoms with Crippen molar-refractivity contribution in [2.45, 2.75) is 34.6 Å². The van der Waals surface area contributed by atoms with Gasteiger partial charge in [0.2, 0.25) is 0 Å². The van der Waals surface area contributed by atoms with Crippen molar-refractivity contribution in [1.29, 1.82) is 0 Å². The lowest BCUT2D eigenvalue weighted by Crippen LogP contribution is -2.44. The number of piperazine rings is 1. The molecule has 1 aliphatic heterocycles. The average molecular weight is 325 g/mol. The van der Waals surface area contributed by atoms with Crippen LogP contribution in [0.15, 0.2) is 24.3 Å². The van der Waals surface area contributed by atoms with Gasteiger partial charge in [-0.3, -0.25) is 4.79 Å². The number of para-hydroxylation sites is 1. The van der Waals surface area contributed by atoms with Crippen molar-refractivity contribution in [3.63, 3.8) is 0 Å². The van der Waals surface area contributed by atoms with E-state index in [1.807, 2.05) is 33.8 Å². The van der Waals surface area contributed by atoms with E-state index in [0.717, 1.165) is 6.29 Å². The Labute approximate surface area is 143 Å². The van der Waals surface area contributed by atoms with Crippen LogP contribution in [-0.2, 0) is 0 Å². The van der Waals surface area contributed by atoms with E-state index in [0.29, 0.717) is 11.3 Å². The van der Waals surface area contributed by atoms with Gasteiger partial charge in [0.05, 0.1) is 12.7 Å². The zero-order chi connectivity index (χ0) is 18.1. The van der Waals surface area contributed by atoms with Gasteiger partial charge in [0.25, 0.3) is 0 Å². The third kappa shape index (κ3) is 10.9. The molecule has 0 spiro atoms. The van der Waals surface area contributed by atoms with Gasteiger partial charge in [0, 0.05) is 26.2 Å². The molecule has 1 heterocycles. The fraction of sp³-hybridized carbons (Fsp3) is 0.632. The molecule has 1 aromatic rings. The van der Waals surface area contributed by atoms with Crippen LogP contribution < -0.4 is 4.74 Å². The molecule has 0 unspecified atom stereocenters. The monoisotopic (exact) mass is 324 g/mol. The number of rotatable bonds is 3. The summed E-state index contributed by atoms with van der Waals surface area (Å²) in [5.74, 6) is 0.623. The van der Waals surface area contributed by atoms with Crippen LogP contribution in [0.2, 0.25) is 0 Å². The lowest BCUT2D eigenvalue weighted by Gasteiger charge is -2.31. The average Bonchev–Trinajstić information content (AvgIpc) is 2.66. The molecular formula is C19H36N2O2. The molecule has 134 valence electrons. The van der Waals surface area contributed by atoms with E-state index in [1.165, 1.54) is 32.7 Å². The standard InChI is InChI=1S/C8H8O2.C7H16N2.2C2H6/c1-10-8-5-3-2-4-7(8)6-9;1-3-9-6-4-8(2)5-7-9;2*1-2/h2-6H,1H3;3-7H2,1-2H3;2*1-2H3. The number of nitrogens with zero attached hydrogens (tertiary/aromatic N) is 2. The van der Waals surface area contributed by atoms with Crippen LogP contribution >= 0.6 is 0 Å². The molecule has 4 nitrogen and oxygen atoms in total. The molecule has 4 heteroatoms. The molecule has 1 fully saturated rings. The first kappa shape index (κ1) is 23.9. The van der Waals surface area contributed by atoms with E-state index in [2.05, 4.69) is 23.8 Å². The topological polar surface area (TPSA) is 32.8 Å². The number of hydrogen-bond acceptors (Lipinski definition) is 4. The second-order valence-corrected chi connectivity index (χ2v) is 4.60. The van der Waals surface area contributed by atoms with E-state index in [9.17, 15) is 4.79 Å². The number of hydrogen-bond donors (Lipinski definition) is 0. The van der Waals surface area contributed by atoms with Gasteiger partial charge in [-0.05, 0) is 25.7 Å². The summed E-state index contributed by atoms with van der Waals surface area (Å²) in [4.78, 5) is 15.2. The minimum absolute atomic E-state index is 0.588. The summed E-state index contributed by atoms with van der Waals surface area (Å²) in [5.41, 5.74) is 0.588. The molecular weight excluding hydrogens is 288 g/mol. The van der Waals surface area contributed by atoms with E-state index in [4.69, 9.17) is 4.74 Å². The molecule has 1 aliphatic rings. The van der Waals surface area contributed by atoms with E-state index < -0.39 is 0 Å². The van der Waals surface area contributed by atoms with Crippen molar-refractivity contribution >= 4 is 6.29 Å². The second kappa shape index (κ2) is 17.0. The highest BCUT2D eigenvalue weighted by Crippen LogP contribution is 2.13. The molecule has 1 aromatic carbocycles. The van der Waals surface area contributed by atoms with Gasteiger partial charge in [-0.25, -0.2) is 0 Å². The normalized spacial score (nSPS) is 14.0. The van der Waals surface area contributed by atoms with Crippen molar-refractivity contribution in [3.8, 4) is 5.75 Å². The Morgan fingerprint density at radius 3 is 1.96 bits per heavy atom. The van der Waals surface area contributed by atoms with Crippen LogP contribution in [0.5, 0.6) is 5.75 Å². The van der Waals surface area contributed by atoms with Crippen LogP contribution in [-0.4, -0.2) is 63.0 Å². The molecule has 0 aliphatic carbocycles. The number of carbonyl (C=O) groups is 1. The fourth-order valence-corrected chi connectivity index (χ4v) is 1.93. The van der Waals surface area contributed by atoms with Gasteiger partial charge < -0.3 is 14.5 Å². The van der Waals surface area contributed by atoms with Crippen LogP contribution in [0.3, 0.4) is 0 Å². The zero-order valence-electron chi connectivity index (χ0n) is 16.1. The molecule has 0 N–H and O–H groups in total. The summed E-state index contributed by atoms with van der Waals surface area (Å²) in [6, 6.07) is 7.09. The molecule has 0 bridgehead atoms. The number of benzene rings is 1. The van der Waals surface area contributed by atoms with E-state index in [1.54, 1.807) is 25.3 Å². The Morgan fingerprint density at radius 1 is 1.04 bits per heavy atom. The Bertz CT molecular complexity index is 375. The quantitative estimate of drug-likeness (QED) is 0.792. The summed E-state index contributed by atoms with van der Waals surface area (Å²) in [5, 5.41) is 0. The van der Waals surface area contributed by atoms with Crippen LogP contribution in [0.1, 0.15) is 45.0 Å². The summed E-state index contributed by atoms with van der Waals surface area (Å²) in [7, 11) is 3.73. The number of carbonyl (C=O) groups excluding carboxylic acids is 1. The lowest BCUT2D eigenvalue weighted by molar-refractivity contribution is 0.112. The molecule has 23 heavy (non-hydrogen) atoms. The first-order valence-electron chi connectivity index (χ1n) is 8.70. The summed E-state index contributed by atoms with van der Waals surface area (Å²) in [6.07, 6.45) is 0.777. The van der Waals surface area contributed by atoms with Crippen LogP contribution in [0, 0.1) is 0 Å². The third-order valence-corrected chi connectivity index (χ3v) is 3.31. The first-order chi connectivity index (χ1) is 11.2. The van der Waals surface area contributed by atoms with Gasteiger partial charge in [-0.1, -0.05) is 46.8 Å². The molecule has 0 aromatic heterocycles. The lowest BCUT2D eigenvalue weighted by atomic mass is 10.2. The summed E-state index contributed by atoms with van der Waals surface area (Å²) < 4.78 is 4.90. The van der Waals surface area contributed by atoms with E-state index >= 15 is 0 Å². The molecule has 0 saturated carbocycles. The number of methoxy groups -OCH3 is 1. The minimum Gasteiger partial charge on any atom is -0.496 e. The number of ether oxygens (including phenoxy) is 1. The second-order valence-electron chi connectivity index (χ2n) is 4.60. The Balaban J connectivity index is 0. The smallest absolute Gasteiger partial charge is 0.153 e. The highest BCUT2D eigenvalue weighted by molar-refractivity contribution is 5.79. The molecule has 0 atom stereocenters. The Hall–Kier alpha value is -1.39. The predicted molar refractivity (Wildman–Crippen MR) is 101 cm³/mol. The maximum absolute atomic E-state index is 10.3. The van der Waals surface area contributed by atoms with Crippen LogP contribution in [0.25, 0.3) is 0 Å². The van der Waals surface area contributed by atoms with E-state index in [-0.39, 0.29) is 0 Å². The van der Waals surface area contributed by atoms with Crippen molar-refractivity contribution in [2.24, 2.45) is 0 Å². The SMILES string of the molecule is CC.CC.CCN1CCN(C)CC1.COc1ccccc1C=O. The molecule has 1 saturated heterocycles. The summed E-state index contributed by atoms with van der Waals surface area (Å²) >= 11 is 0. The van der Waals surface area contributed by atoms with Gasteiger partial charge in [-0.2, -0.15) is 0 Å². The highest BCUT2D eigenvalue weighted by Gasteiger charge is 2.10. The minimum atomic E-state index is 0.588. The maximum atomic E-state index is 10.3. The predicted octanol–water partition coefficient (Wildman–Crippen LogP) is 3.81. The number of likely N-dealkylation sites (N-methyl/N-ethyl adjacent to an activating group) is 2. The van der Waals surface area contributed by atoms with Gasteiger partial charge >= 0.3 is 0 Å². The van der Waals surface area contributed by atoms with Crippen molar-refractivity contribution < 1.29 is 9.53 Å². The van der Waals surface area contributed by atoms with Crippen molar-refractivity contribution in [1.82, 2.24) is 9.80 Å². The third-order valence-electron chi connectivity index (χ3n) is 3.31. The highest BCUT2D eigenvalue weighted by atomic mass is 16.5. The first-order valence-corrected chi connectivity index (χ1v) is 8.70. The van der Waals surface area contributed by atoms with Gasteiger partial charge in [-0.15, -0.1) is 0 Å². The van der Waals surface area contributed by atoms with Crippen molar-refractivity contribution in [2.75, 3.05) is 46.9 Å². The molecule has 0 amide bonds. The summed E-state index contributed by atoms with van der Waals surface area (Å²) in [6.45, 7) is 16.4. The van der Waals surface area contributed by atoms with Gasteiger partial charge in [0.1, 0.15) is 5.75 Å². The Morgan fingerprint density at radius 2 is 1.57 bits per heavy atom. The molecule has 2 rings (SSSR count). The van der Waals surface area contributed by atoms with Gasteiger partial charge in [0.15, 0.2) is 6.29 Å². The zero-order valence-corrected chi connectivity index (χ0v) is 16.1. The maximum Gasteiger partial charge on any atom is 0.153 e. The number of aldehydes is 1. The molecule has 0 radical (unpaired) electrons.